The van der Waals surface area contributed by atoms with E-state index in [0.29, 0.717) is 5.89 Å². The first kappa shape index (κ1) is 14.3. The Labute approximate surface area is 108 Å². The van der Waals surface area contributed by atoms with E-state index in [4.69, 9.17) is 10.3 Å². The molecule has 0 atom stereocenters. The summed E-state index contributed by atoms with van der Waals surface area (Å²) in [6, 6.07) is 0.216. The number of halogens is 3. The minimum Gasteiger partial charge on any atom is -0.364 e. The molecule has 1 aromatic heterocycles. The minimum absolute atomic E-state index is 0.147. The van der Waals surface area contributed by atoms with Crippen LogP contribution in [0.25, 0.3) is 0 Å². The van der Waals surface area contributed by atoms with E-state index in [0.717, 1.165) is 25.7 Å². The van der Waals surface area contributed by atoms with Crippen LogP contribution in [0.2, 0.25) is 0 Å². The van der Waals surface area contributed by atoms with E-state index >= 15 is 0 Å². The Bertz CT molecular complexity index is 400. The van der Waals surface area contributed by atoms with E-state index in [1.807, 2.05) is 0 Å². The summed E-state index contributed by atoms with van der Waals surface area (Å²) in [6.07, 6.45) is -0.815. The van der Waals surface area contributed by atoms with Gasteiger partial charge in [0.05, 0.1) is 0 Å². The summed E-state index contributed by atoms with van der Waals surface area (Å²) >= 11 is 0. The fraction of sp³-hybridized carbons (Fsp3) is 0.818. The highest BCUT2D eigenvalue weighted by Crippen LogP contribution is 2.31. The molecule has 2 rings (SSSR count). The summed E-state index contributed by atoms with van der Waals surface area (Å²) in [5.41, 5.74) is 5.79. The van der Waals surface area contributed by atoms with Crippen LogP contribution in [0.5, 0.6) is 0 Å². The number of hydrogen-bond acceptors (Lipinski definition) is 5. The quantitative estimate of drug-likeness (QED) is 0.914. The molecule has 2 N–H and O–H groups in total. The predicted octanol–water partition coefficient (Wildman–Crippen LogP) is 2.13. The molecule has 1 fully saturated rings. The smallest absolute Gasteiger partial charge is 0.364 e. The molecule has 0 aliphatic heterocycles. The van der Waals surface area contributed by atoms with Crippen LogP contribution in [0.1, 0.15) is 43.3 Å². The average molecular weight is 279 g/mol. The first-order chi connectivity index (χ1) is 8.94. The Kier molecular flexibility index (Phi) is 4.41. The highest BCUT2D eigenvalue weighted by atomic mass is 19.4. The summed E-state index contributed by atoms with van der Waals surface area (Å²) in [6.45, 7) is -1.61. The van der Waals surface area contributed by atoms with Gasteiger partial charge in [0.1, 0.15) is 13.2 Å². The van der Waals surface area contributed by atoms with Crippen LogP contribution in [-0.2, 0) is 11.3 Å². The fourth-order valence-corrected chi connectivity index (χ4v) is 2.12. The van der Waals surface area contributed by atoms with Gasteiger partial charge in [-0.2, -0.15) is 18.2 Å². The van der Waals surface area contributed by atoms with Crippen molar-refractivity contribution in [3.8, 4) is 0 Å². The normalized spacial score (nSPS) is 24.6. The van der Waals surface area contributed by atoms with Crippen molar-refractivity contribution in [3.05, 3.63) is 11.7 Å². The van der Waals surface area contributed by atoms with Gasteiger partial charge in [0.2, 0.25) is 5.89 Å². The van der Waals surface area contributed by atoms with Gasteiger partial charge < -0.3 is 15.0 Å². The van der Waals surface area contributed by atoms with Gasteiger partial charge in [0.15, 0.2) is 5.82 Å². The van der Waals surface area contributed by atoms with E-state index in [-0.39, 0.29) is 24.4 Å². The van der Waals surface area contributed by atoms with Gasteiger partial charge in [-0.3, -0.25) is 0 Å². The van der Waals surface area contributed by atoms with Gasteiger partial charge in [0.25, 0.3) is 0 Å². The largest absolute Gasteiger partial charge is 0.411 e. The lowest BCUT2D eigenvalue weighted by molar-refractivity contribution is -0.177. The van der Waals surface area contributed by atoms with E-state index in [1.54, 1.807) is 0 Å². The van der Waals surface area contributed by atoms with Crippen molar-refractivity contribution >= 4 is 0 Å². The number of alkyl halides is 3. The molecule has 0 saturated heterocycles. The average Bonchev–Trinajstić information content (AvgIpc) is 2.77. The summed E-state index contributed by atoms with van der Waals surface area (Å²) in [7, 11) is 0. The third-order valence-corrected chi connectivity index (χ3v) is 3.10. The van der Waals surface area contributed by atoms with Gasteiger partial charge in [-0.05, 0) is 25.7 Å². The molecule has 5 nitrogen and oxygen atoms in total. The first-order valence-corrected chi connectivity index (χ1v) is 6.16. The molecule has 1 heterocycles. The lowest BCUT2D eigenvalue weighted by Gasteiger charge is -2.22. The summed E-state index contributed by atoms with van der Waals surface area (Å²) < 4.78 is 45.2. The van der Waals surface area contributed by atoms with Crippen molar-refractivity contribution in [2.24, 2.45) is 5.73 Å². The Morgan fingerprint density at radius 2 is 1.95 bits per heavy atom. The van der Waals surface area contributed by atoms with Crippen molar-refractivity contribution in [2.45, 2.75) is 50.4 Å². The van der Waals surface area contributed by atoms with E-state index in [9.17, 15) is 13.2 Å². The highest BCUT2D eigenvalue weighted by molar-refractivity contribution is 4.96. The second kappa shape index (κ2) is 5.87. The van der Waals surface area contributed by atoms with E-state index in [2.05, 4.69) is 14.9 Å². The number of nitrogens with two attached hydrogens (primary N) is 1. The minimum atomic E-state index is -4.34. The molecule has 1 aromatic rings. The molecule has 1 saturated carbocycles. The Hall–Kier alpha value is -1.15. The van der Waals surface area contributed by atoms with Gasteiger partial charge >= 0.3 is 6.18 Å². The standard InChI is InChI=1S/C11H16F3N3O2/c12-11(13,14)6-18-5-9-16-10(19-17-9)7-1-3-8(15)4-2-7/h7-8H,1-6,15H2. The van der Waals surface area contributed by atoms with Crippen molar-refractivity contribution < 1.29 is 22.4 Å². The number of hydrogen-bond donors (Lipinski definition) is 1. The second-order valence-electron chi connectivity index (χ2n) is 4.77. The molecule has 0 aromatic carbocycles. The molecule has 0 unspecified atom stereocenters. The van der Waals surface area contributed by atoms with Crippen molar-refractivity contribution in [2.75, 3.05) is 6.61 Å². The van der Waals surface area contributed by atoms with Crippen LogP contribution in [0, 0.1) is 0 Å². The molecule has 0 spiro atoms. The fourth-order valence-electron chi connectivity index (χ4n) is 2.12. The van der Waals surface area contributed by atoms with Crippen LogP contribution in [-0.4, -0.2) is 29.0 Å². The maximum absolute atomic E-state index is 11.9. The molecule has 1 aliphatic carbocycles. The predicted molar refractivity (Wildman–Crippen MR) is 59.2 cm³/mol. The molecule has 0 amide bonds. The zero-order valence-electron chi connectivity index (χ0n) is 10.3. The third-order valence-electron chi connectivity index (χ3n) is 3.10. The zero-order chi connectivity index (χ0) is 13.9. The van der Waals surface area contributed by atoms with Crippen molar-refractivity contribution in [3.63, 3.8) is 0 Å². The highest BCUT2D eigenvalue weighted by Gasteiger charge is 2.28. The maximum Gasteiger partial charge on any atom is 0.411 e. The summed E-state index contributed by atoms with van der Waals surface area (Å²) in [5.74, 6) is 0.773. The molecule has 1 aliphatic rings. The third kappa shape index (κ3) is 4.46. The molecular weight excluding hydrogens is 263 g/mol. The SMILES string of the molecule is NC1CCC(c2nc(COCC(F)(F)F)no2)CC1. The lowest BCUT2D eigenvalue weighted by Crippen LogP contribution is -2.25. The van der Waals surface area contributed by atoms with Crippen LogP contribution in [0.4, 0.5) is 13.2 Å². The van der Waals surface area contributed by atoms with E-state index in [1.165, 1.54) is 0 Å². The Balaban J connectivity index is 1.82. The molecule has 108 valence electrons. The number of nitrogens with zero attached hydrogens (tertiary/aromatic N) is 2. The molecular formula is C11H16F3N3O2. The molecule has 8 heteroatoms. The maximum atomic E-state index is 11.9. The van der Waals surface area contributed by atoms with E-state index < -0.39 is 12.8 Å². The molecule has 0 radical (unpaired) electrons. The number of ether oxygens (including phenoxy) is 1. The second-order valence-corrected chi connectivity index (χ2v) is 4.77. The first-order valence-electron chi connectivity index (χ1n) is 6.16. The number of rotatable bonds is 4. The van der Waals surface area contributed by atoms with Gasteiger partial charge in [-0.25, -0.2) is 0 Å². The molecule has 0 bridgehead atoms. The van der Waals surface area contributed by atoms with Gasteiger partial charge in [-0.1, -0.05) is 5.16 Å². The van der Waals surface area contributed by atoms with Crippen LogP contribution in [0.3, 0.4) is 0 Å². The van der Waals surface area contributed by atoms with Gasteiger partial charge in [0, 0.05) is 12.0 Å². The van der Waals surface area contributed by atoms with Crippen molar-refractivity contribution in [1.29, 1.82) is 0 Å². The molecule has 19 heavy (non-hydrogen) atoms. The monoisotopic (exact) mass is 279 g/mol. The van der Waals surface area contributed by atoms with Gasteiger partial charge in [-0.15, -0.1) is 0 Å². The Morgan fingerprint density at radius 1 is 1.26 bits per heavy atom. The van der Waals surface area contributed by atoms with Crippen LogP contribution < -0.4 is 5.73 Å². The summed E-state index contributed by atoms with van der Waals surface area (Å²) in [4.78, 5) is 4.07. The lowest BCUT2D eigenvalue weighted by atomic mass is 9.86. The zero-order valence-corrected chi connectivity index (χ0v) is 10.3. The Morgan fingerprint density at radius 3 is 2.58 bits per heavy atom. The number of aromatic nitrogens is 2. The van der Waals surface area contributed by atoms with Crippen molar-refractivity contribution in [1.82, 2.24) is 10.1 Å². The summed E-state index contributed by atoms with van der Waals surface area (Å²) in [5, 5.41) is 3.62. The topological polar surface area (TPSA) is 74.2 Å². The van der Waals surface area contributed by atoms with Crippen LogP contribution in [0.15, 0.2) is 4.52 Å². The van der Waals surface area contributed by atoms with Crippen LogP contribution >= 0.6 is 0 Å².